The molecule has 1 saturated carbocycles. The molecule has 1 aromatic carbocycles. The van der Waals surface area contributed by atoms with Crippen molar-refractivity contribution in [3.05, 3.63) is 99.2 Å². The van der Waals surface area contributed by atoms with Crippen LogP contribution >= 0.6 is 0 Å². The number of hydrogen-bond acceptors (Lipinski definition) is 4. The van der Waals surface area contributed by atoms with Crippen LogP contribution in [-0.4, -0.2) is 19.5 Å². The Morgan fingerprint density at radius 3 is 2.42 bits per heavy atom. The van der Waals surface area contributed by atoms with Gasteiger partial charge in [0.15, 0.2) is 0 Å². The fourth-order valence-corrected chi connectivity index (χ4v) is 4.65. The Hall–Kier alpha value is -3.55. The lowest BCUT2D eigenvalue weighted by Gasteiger charge is -2.23. The molecule has 0 atom stereocenters. The molecule has 5 rings (SSSR count). The summed E-state index contributed by atoms with van der Waals surface area (Å²) < 4.78 is 40.4. The smallest absolute Gasteiger partial charge is 0.282 e. The second-order valence-electron chi connectivity index (χ2n) is 9.18. The highest BCUT2D eigenvalue weighted by molar-refractivity contribution is 5.76. The Morgan fingerprint density at radius 2 is 1.75 bits per heavy atom. The zero-order valence-electron chi connectivity index (χ0n) is 20.4. The molecule has 1 aliphatic rings. The normalized spacial score (nSPS) is 14.1. The number of fused-ring (bicyclic) bond motifs is 1. The highest BCUT2D eigenvalue weighted by Gasteiger charge is 2.23. The average Bonchev–Trinajstić information content (AvgIpc) is 2.87. The van der Waals surface area contributed by atoms with Gasteiger partial charge in [-0.2, -0.15) is 0 Å². The van der Waals surface area contributed by atoms with Crippen LogP contribution in [0.4, 0.5) is 13.2 Å². The first-order chi connectivity index (χ1) is 17.3. The Bertz CT molecular complexity index is 1380. The first-order valence-corrected chi connectivity index (χ1v) is 12.1. The van der Waals surface area contributed by atoms with Crippen LogP contribution in [0.5, 0.6) is 0 Å². The lowest BCUT2D eigenvalue weighted by molar-refractivity contribution is 0.144. The average molecular weight is 495 g/mol. The third-order valence-corrected chi connectivity index (χ3v) is 6.45. The summed E-state index contributed by atoms with van der Waals surface area (Å²) in [5, 5.41) is 0.841. The van der Waals surface area contributed by atoms with E-state index < -0.39 is 12.1 Å². The van der Waals surface area contributed by atoms with E-state index in [9.17, 15) is 18.0 Å². The summed E-state index contributed by atoms with van der Waals surface area (Å²) in [4.78, 5) is 25.7. The van der Waals surface area contributed by atoms with Crippen molar-refractivity contribution in [1.29, 1.82) is 0 Å². The van der Waals surface area contributed by atoms with Gasteiger partial charge in [-0.05, 0) is 68.5 Å². The van der Waals surface area contributed by atoms with Gasteiger partial charge in [-0.1, -0.05) is 31.4 Å². The zero-order valence-corrected chi connectivity index (χ0v) is 20.4. The number of aryl methyl sites for hydroxylation is 2. The largest absolute Gasteiger partial charge is 0.286 e. The summed E-state index contributed by atoms with van der Waals surface area (Å²) in [6.07, 6.45) is 5.23. The minimum Gasteiger partial charge on any atom is -0.286 e. The Kier molecular flexibility index (Phi) is 8.13. The molecule has 4 aromatic rings. The molecule has 1 aliphatic carbocycles. The molecule has 0 aliphatic heterocycles. The van der Waals surface area contributed by atoms with Gasteiger partial charge in [0.1, 0.15) is 17.2 Å². The molecule has 3 heterocycles. The summed E-state index contributed by atoms with van der Waals surface area (Å²) in [5.41, 5.74) is 2.52. The Morgan fingerprint density at radius 1 is 1.00 bits per heavy atom. The van der Waals surface area contributed by atoms with E-state index >= 15 is 0 Å². The maximum atomic E-state index is 13.4. The molecule has 8 heteroatoms. The molecule has 0 saturated heterocycles. The Balaban J connectivity index is 0.000000325. The summed E-state index contributed by atoms with van der Waals surface area (Å²) in [6, 6.07) is 12.3. The van der Waals surface area contributed by atoms with Crippen molar-refractivity contribution in [2.45, 2.75) is 64.8 Å². The van der Waals surface area contributed by atoms with Gasteiger partial charge in [0, 0.05) is 29.0 Å². The third-order valence-electron chi connectivity index (χ3n) is 6.45. The van der Waals surface area contributed by atoms with Gasteiger partial charge in [0.25, 0.3) is 12.0 Å². The molecule has 0 radical (unpaired) electrons. The molecule has 0 spiro atoms. The second kappa shape index (κ2) is 11.5. The van der Waals surface area contributed by atoms with Gasteiger partial charge in [0.05, 0.1) is 12.2 Å². The molecule has 0 N–H and O–H groups in total. The van der Waals surface area contributed by atoms with Crippen molar-refractivity contribution in [2.24, 2.45) is 0 Å². The molecular formula is C28H29F3N4O. The molecule has 0 unspecified atom stereocenters. The highest BCUT2D eigenvalue weighted by atomic mass is 19.3. The van der Waals surface area contributed by atoms with Crippen molar-refractivity contribution in [3.8, 4) is 0 Å². The van der Waals surface area contributed by atoms with Crippen LogP contribution in [0.3, 0.4) is 0 Å². The van der Waals surface area contributed by atoms with Crippen LogP contribution < -0.4 is 5.56 Å². The molecule has 0 amide bonds. The number of pyridine rings is 2. The number of benzene rings is 1. The van der Waals surface area contributed by atoms with E-state index in [4.69, 9.17) is 0 Å². The van der Waals surface area contributed by atoms with E-state index in [1.807, 2.05) is 38.1 Å². The summed E-state index contributed by atoms with van der Waals surface area (Å²) >= 11 is 0. The number of aromatic nitrogens is 4. The SMILES string of the molecule is Cc1ccc2cc(C3CCCCC3)c(=O)n(Cc3nccnc3C(F)F)c2n1.Cc1cccc(F)c1. The van der Waals surface area contributed by atoms with E-state index in [0.717, 1.165) is 47.9 Å². The van der Waals surface area contributed by atoms with Crippen LogP contribution in [0.1, 0.15) is 72.7 Å². The van der Waals surface area contributed by atoms with Gasteiger partial charge < -0.3 is 0 Å². The minimum absolute atomic E-state index is 0.0696. The summed E-state index contributed by atoms with van der Waals surface area (Å²) in [7, 11) is 0. The maximum Gasteiger partial charge on any atom is 0.282 e. The summed E-state index contributed by atoms with van der Waals surface area (Å²) in [6.45, 7) is 3.64. The number of rotatable bonds is 4. The van der Waals surface area contributed by atoms with Gasteiger partial charge >= 0.3 is 0 Å². The highest BCUT2D eigenvalue weighted by Crippen LogP contribution is 2.32. The van der Waals surface area contributed by atoms with E-state index in [0.29, 0.717) is 5.65 Å². The van der Waals surface area contributed by atoms with Gasteiger partial charge in [0.2, 0.25) is 0 Å². The quantitative estimate of drug-likeness (QED) is 0.318. The fraction of sp³-hybridized carbons (Fsp3) is 0.357. The predicted octanol–water partition coefficient (Wildman–Crippen LogP) is 6.66. The minimum atomic E-state index is -2.75. The molecule has 5 nitrogen and oxygen atoms in total. The summed E-state index contributed by atoms with van der Waals surface area (Å²) in [5.74, 6) is 0.0413. The van der Waals surface area contributed by atoms with Gasteiger partial charge in [-0.25, -0.2) is 18.2 Å². The van der Waals surface area contributed by atoms with Crippen molar-refractivity contribution in [2.75, 3.05) is 0 Å². The van der Waals surface area contributed by atoms with Crippen LogP contribution in [0.25, 0.3) is 11.0 Å². The molecule has 0 bridgehead atoms. The van der Waals surface area contributed by atoms with E-state index in [-0.39, 0.29) is 29.5 Å². The maximum absolute atomic E-state index is 13.4. The van der Waals surface area contributed by atoms with E-state index in [2.05, 4.69) is 15.0 Å². The number of alkyl halides is 2. The Labute approximate surface area is 208 Å². The molecule has 188 valence electrons. The molecule has 36 heavy (non-hydrogen) atoms. The topological polar surface area (TPSA) is 60.7 Å². The lowest BCUT2D eigenvalue weighted by atomic mass is 9.84. The van der Waals surface area contributed by atoms with Crippen molar-refractivity contribution < 1.29 is 13.2 Å². The van der Waals surface area contributed by atoms with Crippen LogP contribution in [-0.2, 0) is 6.54 Å². The molecule has 3 aromatic heterocycles. The first kappa shape index (κ1) is 25.5. The van der Waals surface area contributed by atoms with Crippen molar-refractivity contribution >= 4 is 11.0 Å². The predicted molar refractivity (Wildman–Crippen MR) is 134 cm³/mol. The van der Waals surface area contributed by atoms with Gasteiger partial charge in [-0.3, -0.25) is 19.3 Å². The monoisotopic (exact) mass is 494 g/mol. The first-order valence-electron chi connectivity index (χ1n) is 12.1. The number of halogens is 3. The van der Waals surface area contributed by atoms with E-state index in [1.54, 1.807) is 6.07 Å². The van der Waals surface area contributed by atoms with Crippen LogP contribution in [0, 0.1) is 19.7 Å². The van der Waals surface area contributed by atoms with Crippen molar-refractivity contribution in [3.63, 3.8) is 0 Å². The number of nitrogens with zero attached hydrogens (tertiary/aromatic N) is 4. The standard InChI is InChI=1S/C21H22F2N4O.C7H7F/c1-13-7-8-15-11-16(14-5-3-2-4-6-14)21(28)27(20(15)26-13)12-17-18(19(22)23)25-10-9-24-17;1-6-3-2-4-7(8)5-6/h7-11,14,19H,2-6,12H2,1H3;2-5H,1H3. The molecular weight excluding hydrogens is 465 g/mol. The van der Waals surface area contributed by atoms with Crippen molar-refractivity contribution in [1.82, 2.24) is 19.5 Å². The zero-order chi connectivity index (χ0) is 25.7. The van der Waals surface area contributed by atoms with Crippen LogP contribution in [0.2, 0.25) is 0 Å². The second-order valence-corrected chi connectivity index (χ2v) is 9.18. The lowest BCUT2D eigenvalue weighted by Crippen LogP contribution is -2.28. The molecule has 1 fully saturated rings. The third kappa shape index (κ3) is 5.98. The van der Waals surface area contributed by atoms with Gasteiger partial charge in [-0.15, -0.1) is 0 Å². The van der Waals surface area contributed by atoms with E-state index in [1.165, 1.54) is 35.5 Å². The number of hydrogen-bond donors (Lipinski definition) is 0. The van der Waals surface area contributed by atoms with Crippen LogP contribution in [0.15, 0.2) is 59.7 Å². The fourth-order valence-electron chi connectivity index (χ4n) is 4.65.